The number of phenolic OH excluding ortho intramolecular Hbond substituents is 1. The first-order valence-corrected chi connectivity index (χ1v) is 10.0. The molecule has 6 nitrogen and oxygen atoms in total. The summed E-state index contributed by atoms with van der Waals surface area (Å²) >= 11 is 3.37. The van der Waals surface area contributed by atoms with Crippen molar-refractivity contribution in [2.75, 3.05) is 18.4 Å². The van der Waals surface area contributed by atoms with Crippen molar-refractivity contribution < 1.29 is 19.4 Å². The first-order valence-electron chi connectivity index (χ1n) is 9.24. The minimum Gasteiger partial charge on any atom is -0.506 e. The lowest BCUT2D eigenvalue weighted by atomic mass is 9.95. The van der Waals surface area contributed by atoms with Crippen LogP contribution in [0.4, 0.5) is 5.69 Å². The van der Waals surface area contributed by atoms with Crippen molar-refractivity contribution in [2.45, 2.75) is 25.9 Å². The van der Waals surface area contributed by atoms with Gasteiger partial charge in [-0.15, -0.1) is 0 Å². The monoisotopic (exact) mass is 446 g/mol. The van der Waals surface area contributed by atoms with Crippen LogP contribution in [0.1, 0.15) is 19.8 Å². The molecule has 1 saturated heterocycles. The Bertz CT molecular complexity index is 833. The Labute approximate surface area is 172 Å². The summed E-state index contributed by atoms with van der Waals surface area (Å²) in [5.74, 6) is 0.282. The van der Waals surface area contributed by atoms with Gasteiger partial charge in [-0.1, -0.05) is 28.1 Å². The lowest BCUT2D eigenvalue weighted by Gasteiger charge is -2.33. The summed E-state index contributed by atoms with van der Waals surface area (Å²) in [6.45, 7) is 2.75. The van der Waals surface area contributed by atoms with E-state index in [-0.39, 0.29) is 23.5 Å². The predicted molar refractivity (Wildman–Crippen MR) is 110 cm³/mol. The summed E-state index contributed by atoms with van der Waals surface area (Å²) in [4.78, 5) is 26.8. The lowest BCUT2D eigenvalue weighted by molar-refractivity contribution is -0.140. The van der Waals surface area contributed by atoms with Gasteiger partial charge >= 0.3 is 0 Å². The Balaban J connectivity index is 1.50. The summed E-state index contributed by atoms with van der Waals surface area (Å²) in [6.07, 6.45) is 0.569. The summed E-state index contributed by atoms with van der Waals surface area (Å²) in [6, 6.07) is 14.0. The van der Waals surface area contributed by atoms with E-state index in [0.29, 0.717) is 37.4 Å². The Kier molecular flexibility index (Phi) is 6.57. The molecular weight excluding hydrogens is 424 g/mol. The number of halogens is 1. The van der Waals surface area contributed by atoms with Gasteiger partial charge in [-0.25, -0.2) is 0 Å². The zero-order valence-electron chi connectivity index (χ0n) is 15.6. The largest absolute Gasteiger partial charge is 0.506 e. The van der Waals surface area contributed by atoms with E-state index in [0.717, 1.165) is 4.47 Å². The van der Waals surface area contributed by atoms with Gasteiger partial charge in [0.05, 0.1) is 5.69 Å². The van der Waals surface area contributed by atoms with E-state index in [2.05, 4.69) is 21.2 Å². The molecule has 2 aromatic carbocycles. The molecule has 1 aliphatic rings. The van der Waals surface area contributed by atoms with Gasteiger partial charge in [-0.2, -0.15) is 0 Å². The first-order chi connectivity index (χ1) is 13.4. The molecule has 0 aromatic heterocycles. The molecule has 2 aromatic rings. The van der Waals surface area contributed by atoms with Crippen molar-refractivity contribution >= 4 is 33.4 Å². The highest BCUT2D eigenvalue weighted by atomic mass is 79.9. The quantitative estimate of drug-likeness (QED) is 0.684. The van der Waals surface area contributed by atoms with Gasteiger partial charge in [-0.3, -0.25) is 9.59 Å². The summed E-state index contributed by atoms with van der Waals surface area (Å²) < 4.78 is 6.68. The highest BCUT2D eigenvalue weighted by molar-refractivity contribution is 9.10. The van der Waals surface area contributed by atoms with Crippen LogP contribution in [0.15, 0.2) is 53.0 Å². The van der Waals surface area contributed by atoms with Crippen LogP contribution in [0.5, 0.6) is 11.5 Å². The van der Waals surface area contributed by atoms with E-state index in [1.807, 2.05) is 24.3 Å². The number of piperidine rings is 1. The fraction of sp³-hybridized carbons (Fsp3) is 0.333. The molecule has 28 heavy (non-hydrogen) atoms. The lowest BCUT2D eigenvalue weighted by Crippen LogP contribution is -2.46. The van der Waals surface area contributed by atoms with Crippen LogP contribution in [-0.2, 0) is 9.59 Å². The van der Waals surface area contributed by atoms with Crippen LogP contribution in [0, 0.1) is 5.92 Å². The number of carbonyl (C=O) groups is 2. The number of amides is 2. The average molecular weight is 447 g/mol. The number of aromatic hydroxyl groups is 1. The van der Waals surface area contributed by atoms with Gasteiger partial charge in [0, 0.05) is 23.5 Å². The molecule has 0 aliphatic carbocycles. The number of nitrogens with one attached hydrogen (secondary N) is 1. The number of nitrogens with zero attached hydrogens (tertiary/aromatic N) is 1. The van der Waals surface area contributed by atoms with Crippen LogP contribution in [0.3, 0.4) is 0 Å². The molecule has 1 atom stereocenters. The maximum atomic E-state index is 12.6. The van der Waals surface area contributed by atoms with E-state index in [9.17, 15) is 14.7 Å². The molecule has 2 N–H and O–H groups in total. The topological polar surface area (TPSA) is 78.9 Å². The number of likely N-dealkylation sites (tertiary alicyclic amines) is 1. The highest BCUT2D eigenvalue weighted by Gasteiger charge is 2.30. The maximum absolute atomic E-state index is 12.6. The number of phenols is 1. The summed E-state index contributed by atoms with van der Waals surface area (Å²) in [5, 5.41) is 12.5. The van der Waals surface area contributed by atoms with Crippen LogP contribution in [-0.4, -0.2) is 41.0 Å². The molecule has 1 fully saturated rings. The van der Waals surface area contributed by atoms with E-state index < -0.39 is 6.10 Å². The number of hydrogen-bond donors (Lipinski definition) is 2. The maximum Gasteiger partial charge on any atom is 0.263 e. The third kappa shape index (κ3) is 5.04. The van der Waals surface area contributed by atoms with Gasteiger partial charge in [0.2, 0.25) is 5.91 Å². The van der Waals surface area contributed by atoms with Crippen LogP contribution < -0.4 is 10.1 Å². The third-order valence-electron chi connectivity index (χ3n) is 4.81. The van der Waals surface area contributed by atoms with Gasteiger partial charge in [0.15, 0.2) is 6.10 Å². The Morgan fingerprint density at radius 3 is 2.43 bits per heavy atom. The molecule has 148 valence electrons. The molecule has 1 aliphatic heterocycles. The van der Waals surface area contributed by atoms with Gasteiger partial charge in [0.1, 0.15) is 11.5 Å². The number of anilines is 1. The molecule has 2 amide bonds. The fourth-order valence-corrected chi connectivity index (χ4v) is 3.47. The minimum absolute atomic E-state index is 0.0439. The number of hydrogen-bond acceptors (Lipinski definition) is 4. The molecule has 0 spiro atoms. The Morgan fingerprint density at radius 1 is 1.14 bits per heavy atom. The zero-order valence-corrected chi connectivity index (χ0v) is 17.2. The molecule has 0 bridgehead atoms. The number of carbonyl (C=O) groups excluding carboxylic acids is 2. The fourth-order valence-electron chi connectivity index (χ4n) is 3.20. The SMILES string of the molecule is CC(Oc1ccc(Br)cc1)C(=O)N1CCC(C(=O)Nc2ccccc2O)CC1. The van der Waals surface area contributed by atoms with Gasteiger partial charge < -0.3 is 20.1 Å². The van der Waals surface area contributed by atoms with Gasteiger partial charge in [-0.05, 0) is 56.2 Å². The van der Waals surface area contributed by atoms with E-state index >= 15 is 0 Å². The molecule has 7 heteroatoms. The second kappa shape index (κ2) is 9.10. The van der Waals surface area contributed by atoms with Crippen molar-refractivity contribution in [1.82, 2.24) is 4.90 Å². The van der Waals surface area contributed by atoms with E-state index in [1.54, 1.807) is 30.0 Å². The predicted octanol–water partition coefficient (Wildman–Crippen LogP) is 3.80. The normalized spacial score (nSPS) is 15.7. The average Bonchev–Trinajstić information content (AvgIpc) is 2.71. The molecule has 3 rings (SSSR count). The van der Waals surface area contributed by atoms with Crippen molar-refractivity contribution in [3.8, 4) is 11.5 Å². The number of ether oxygens (including phenoxy) is 1. The minimum atomic E-state index is -0.590. The van der Waals surface area contributed by atoms with Gasteiger partial charge in [0.25, 0.3) is 5.91 Å². The molecule has 1 unspecified atom stereocenters. The molecular formula is C21H23BrN2O4. The van der Waals surface area contributed by atoms with Crippen molar-refractivity contribution in [3.05, 3.63) is 53.0 Å². The zero-order chi connectivity index (χ0) is 20.1. The molecule has 0 radical (unpaired) electrons. The summed E-state index contributed by atoms with van der Waals surface area (Å²) in [5.41, 5.74) is 0.405. The second-order valence-corrected chi connectivity index (χ2v) is 7.74. The molecule has 0 saturated carbocycles. The van der Waals surface area contributed by atoms with Crippen LogP contribution in [0.25, 0.3) is 0 Å². The van der Waals surface area contributed by atoms with Crippen molar-refractivity contribution in [1.29, 1.82) is 0 Å². The van der Waals surface area contributed by atoms with Crippen LogP contribution in [0.2, 0.25) is 0 Å². The van der Waals surface area contributed by atoms with E-state index in [4.69, 9.17) is 4.74 Å². The third-order valence-corrected chi connectivity index (χ3v) is 5.34. The number of rotatable bonds is 5. The second-order valence-electron chi connectivity index (χ2n) is 6.82. The van der Waals surface area contributed by atoms with Crippen molar-refractivity contribution in [3.63, 3.8) is 0 Å². The number of benzene rings is 2. The number of para-hydroxylation sites is 2. The van der Waals surface area contributed by atoms with E-state index in [1.165, 1.54) is 6.07 Å². The highest BCUT2D eigenvalue weighted by Crippen LogP contribution is 2.25. The summed E-state index contributed by atoms with van der Waals surface area (Å²) in [7, 11) is 0. The molecule has 1 heterocycles. The van der Waals surface area contributed by atoms with Crippen molar-refractivity contribution in [2.24, 2.45) is 5.92 Å². The van der Waals surface area contributed by atoms with Crippen LogP contribution >= 0.6 is 15.9 Å². The standard InChI is InChI=1S/C21H23BrN2O4/c1-14(28-17-8-6-16(22)7-9-17)21(27)24-12-10-15(11-13-24)20(26)23-18-4-2-3-5-19(18)25/h2-9,14-15,25H,10-13H2,1H3,(H,23,26). The Hall–Kier alpha value is -2.54. The smallest absolute Gasteiger partial charge is 0.263 e. The Morgan fingerprint density at radius 2 is 1.79 bits per heavy atom. The first kappa shape index (κ1) is 20.2.